The fourth-order valence-electron chi connectivity index (χ4n) is 5.91. The molecule has 8 nitrogen and oxygen atoms in total. The summed E-state index contributed by atoms with van der Waals surface area (Å²) in [6.45, 7) is 10.4. The smallest absolute Gasteiger partial charge is 0.410 e. The topological polar surface area (TPSA) is 90.0 Å². The third-order valence-electron chi connectivity index (χ3n) is 8.38. The van der Waals surface area contributed by atoms with Gasteiger partial charge in [0.15, 0.2) is 0 Å². The number of aromatic nitrogens is 1. The number of alkyl carbamates (subject to hydrolysis) is 1. The van der Waals surface area contributed by atoms with E-state index in [9.17, 15) is 18.4 Å². The minimum atomic E-state index is -2.81. The van der Waals surface area contributed by atoms with Crippen LogP contribution in [0.2, 0.25) is 0 Å². The Morgan fingerprint density at radius 3 is 2.34 bits per heavy atom. The van der Waals surface area contributed by atoms with Gasteiger partial charge in [0.05, 0.1) is 11.2 Å². The first-order chi connectivity index (χ1) is 20.7. The minimum Gasteiger partial charge on any atom is -0.474 e. The molecule has 232 valence electrons. The monoisotopic (exact) mass is 605 g/mol. The summed E-state index contributed by atoms with van der Waals surface area (Å²) < 4.78 is 45.2. The molecule has 0 spiro atoms. The highest BCUT2D eigenvalue weighted by atomic mass is 19.3. The van der Waals surface area contributed by atoms with E-state index in [0.29, 0.717) is 41.4 Å². The Bertz CT molecular complexity index is 1580. The zero-order valence-corrected chi connectivity index (χ0v) is 25.5. The molecule has 2 heterocycles. The van der Waals surface area contributed by atoms with Gasteiger partial charge in [0.1, 0.15) is 18.3 Å². The molecule has 1 N–H and O–H groups in total. The number of ether oxygens (including phenoxy) is 3. The molecule has 2 amide bonds. The molecule has 6 rings (SSSR count). The first-order valence-corrected chi connectivity index (χ1v) is 14.9. The summed E-state index contributed by atoms with van der Waals surface area (Å²) in [6, 6.07) is 17.8. The van der Waals surface area contributed by atoms with Gasteiger partial charge in [-0.15, -0.1) is 0 Å². The third kappa shape index (κ3) is 6.21. The van der Waals surface area contributed by atoms with Gasteiger partial charge in [-0.2, -0.15) is 0 Å². The highest BCUT2D eigenvalue weighted by Crippen LogP contribution is 2.49. The van der Waals surface area contributed by atoms with E-state index in [1.54, 1.807) is 23.1 Å². The van der Waals surface area contributed by atoms with E-state index in [2.05, 4.69) is 5.32 Å². The predicted octanol–water partition coefficient (Wildman–Crippen LogP) is 6.80. The molecule has 0 radical (unpaired) electrons. The number of rotatable bonds is 7. The normalized spacial score (nSPS) is 21.4. The molecule has 3 aromatic rings. The Balaban J connectivity index is 1.20. The molecule has 44 heavy (non-hydrogen) atoms. The number of amides is 2. The molecular weight excluding hydrogens is 568 g/mol. The maximum absolute atomic E-state index is 13.9. The van der Waals surface area contributed by atoms with Crippen molar-refractivity contribution in [2.45, 2.75) is 70.8 Å². The molecule has 1 saturated heterocycles. The number of fused-ring (bicyclic) bond motifs is 2. The molecule has 1 aromatic heterocycles. The Morgan fingerprint density at radius 1 is 1.00 bits per heavy atom. The summed E-state index contributed by atoms with van der Waals surface area (Å²) >= 11 is 0. The number of carbonyl (C=O) groups excluding carboxylic acids is 2. The van der Waals surface area contributed by atoms with Crippen LogP contribution in [0.25, 0.3) is 11.3 Å². The number of benzene rings is 2. The summed E-state index contributed by atoms with van der Waals surface area (Å²) in [5.41, 5.74) is 1.98. The Hall–Kier alpha value is -4.21. The van der Waals surface area contributed by atoms with Crippen LogP contribution in [0.4, 0.5) is 18.4 Å². The maximum atomic E-state index is 13.9. The number of carbonyl (C=O) groups is 2. The van der Waals surface area contributed by atoms with Crippen molar-refractivity contribution in [3.63, 3.8) is 0 Å². The quantitative estimate of drug-likeness (QED) is 0.319. The van der Waals surface area contributed by atoms with Gasteiger partial charge < -0.3 is 24.4 Å². The molecule has 2 aromatic carbocycles. The molecule has 2 fully saturated rings. The van der Waals surface area contributed by atoms with E-state index in [1.807, 2.05) is 71.0 Å². The van der Waals surface area contributed by atoms with Crippen molar-refractivity contribution >= 4 is 12.2 Å². The van der Waals surface area contributed by atoms with E-state index in [-0.39, 0.29) is 42.6 Å². The minimum absolute atomic E-state index is 0.0392. The second kappa shape index (κ2) is 10.7. The fraction of sp³-hybridized carbons (Fsp3) is 0.441. The van der Waals surface area contributed by atoms with Crippen LogP contribution < -0.4 is 10.1 Å². The number of piperidine rings is 1. The zero-order valence-electron chi connectivity index (χ0n) is 25.5. The predicted molar refractivity (Wildman–Crippen MR) is 159 cm³/mol. The van der Waals surface area contributed by atoms with Gasteiger partial charge in [-0.05, 0) is 63.4 Å². The summed E-state index contributed by atoms with van der Waals surface area (Å²) in [5, 5.41) is 2.94. The zero-order chi connectivity index (χ0) is 31.4. The van der Waals surface area contributed by atoms with Crippen LogP contribution in [0.15, 0.2) is 60.7 Å². The summed E-state index contributed by atoms with van der Waals surface area (Å²) in [7, 11) is 0. The number of pyridine rings is 1. The van der Waals surface area contributed by atoms with E-state index in [4.69, 9.17) is 19.2 Å². The average Bonchev–Trinajstić information content (AvgIpc) is 3.36. The van der Waals surface area contributed by atoms with Crippen LogP contribution in [-0.2, 0) is 34.0 Å². The van der Waals surface area contributed by atoms with Crippen molar-refractivity contribution in [1.29, 1.82) is 0 Å². The van der Waals surface area contributed by atoms with Gasteiger partial charge >= 0.3 is 12.2 Å². The van der Waals surface area contributed by atoms with E-state index in [1.165, 1.54) is 6.07 Å². The molecular formula is C34H37F2N3O5. The summed E-state index contributed by atoms with van der Waals surface area (Å²) in [4.78, 5) is 31.8. The van der Waals surface area contributed by atoms with Crippen LogP contribution in [0.3, 0.4) is 0 Å². The molecule has 0 bridgehead atoms. The van der Waals surface area contributed by atoms with Crippen LogP contribution in [0.5, 0.6) is 5.88 Å². The van der Waals surface area contributed by atoms with Crippen LogP contribution in [0, 0.1) is 11.8 Å². The number of nitrogens with zero attached hydrogens (tertiary/aromatic N) is 2. The number of halogens is 2. The lowest BCUT2D eigenvalue weighted by atomic mass is 9.82. The van der Waals surface area contributed by atoms with Crippen molar-refractivity contribution in [3.8, 4) is 17.1 Å². The van der Waals surface area contributed by atoms with Gasteiger partial charge in [0, 0.05) is 48.5 Å². The van der Waals surface area contributed by atoms with Crippen molar-refractivity contribution in [3.05, 3.63) is 82.9 Å². The second-order valence-electron chi connectivity index (χ2n) is 13.4. The molecule has 2 unspecified atom stereocenters. The van der Waals surface area contributed by atoms with Gasteiger partial charge in [-0.25, -0.2) is 23.4 Å². The fourth-order valence-corrected chi connectivity index (χ4v) is 5.91. The first kappa shape index (κ1) is 29.8. The summed E-state index contributed by atoms with van der Waals surface area (Å²) in [5.74, 6) is -2.12. The second-order valence-corrected chi connectivity index (χ2v) is 13.4. The van der Waals surface area contributed by atoms with E-state index < -0.39 is 23.2 Å². The number of alkyl halides is 2. The van der Waals surface area contributed by atoms with Crippen LogP contribution >= 0.6 is 0 Å². The van der Waals surface area contributed by atoms with Crippen molar-refractivity contribution in [2.24, 2.45) is 11.8 Å². The maximum Gasteiger partial charge on any atom is 0.410 e. The molecule has 2 aliphatic carbocycles. The number of hydrogen-bond donors (Lipinski definition) is 1. The highest BCUT2D eigenvalue weighted by molar-refractivity contribution is 5.70. The molecule has 3 aliphatic rings. The van der Waals surface area contributed by atoms with Crippen LogP contribution in [0.1, 0.15) is 56.9 Å². The lowest BCUT2D eigenvalue weighted by Gasteiger charge is -2.30. The number of hydrogen-bond acceptors (Lipinski definition) is 6. The standard InChI is InChI=1S/C34H37F2N3O5/c1-32(2,3)44-31(41)39-17-24-25(18-39)29(24)43-28-15-23(33(4,5)38-30(40)42-19-20-9-7-6-8-10-20)14-27(37-28)21-11-12-26-22(13-21)16-34(26,35)36/h6-15,24-25,29H,16-19H2,1-5H3,(H,38,40). The largest absolute Gasteiger partial charge is 0.474 e. The Labute approximate surface area is 255 Å². The SMILES string of the molecule is CC(C)(C)OC(=O)N1CC2C(C1)C2Oc1cc(C(C)(C)NC(=O)OCc2ccccc2)cc(-c2ccc3c(c2)CC3(F)F)n1. The molecule has 1 aliphatic heterocycles. The lowest BCUT2D eigenvalue weighted by Crippen LogP contribution is -2.41. The van der Waals surface area contributed by atoms with E-state index >= 15 is 0 Å². The highest BCUT2D eigenvalue weighted by Gasteiger charge is 2.59. The van der Waals surface area contributed by atoms with Gasteiger partial charge in [-0.3, -0.25) is 0 Å². The van der Waals surface area contributed by atoms with Gasteiger partial charge in [-0.1, -0.05) is 42.5 Å². The first-order valence-electron chi connectivity index (χ1n) is 14.9. The van der Waals surface area contributed by atoms with Gasteiger partial charge in [0.2, 0.25) is 5.88 Å². The van der Waals surface area contributed by atoms with Crippen molar-refractivity contribution in [2.75, 3.05) is 13.1 Å². The Morgan fingerprint density at radius 2 is 1.70 bits per heavy atom. The molecule has 2 atom stereocenters. The lowest BCUT2D eigenvalue weighted by molar-refractivity contribution is -0.0287. The average molecular weight is 606 g/mol. The third-order valence-corrected chi connectivity index (χ3v) is 8.38. The van der Waals surface area contributed by atoms with Gasteiger partial charge in [0.25, 0.3) is 5.92 Å². The van der Waals surface area contributed by atoms with Crippen molar-refractivity contribution < 1.29 is 32.6 Å². The molecule has 1 saturated carbocycles. The summed E-state index contributed by atoms with van der Waals surface area (Å²) in [6.07, 6.45) is -1.34. The molecule has 10 heteroatoms. The van der Waals surface area contributed by atoms with E-state index in [0.717, 1.165) is 5.56 Å². The van der Waals surface area contributed by atoms with Crippen LogP contribution in [-0.4, -0.2) is 46.9 Å². The van der Waals surface area contributed by atoms with Crippen molar-refractivity contribution in [1.82, 2.24) is 15.2 Å². The Kier molecular flexibility index (Phi) is 7.29. The number of likely N-dealkylation sites (tertiary alicyclic amines) is 1. The number of nitrogens with one attached hydrogen (secondary N) is 1.